The van der Waals surface area contributed by atoms with Gasteiger partial charge in [0.1, 0.15) is 5.70 Å². The van der Waals surface area contributed by atoms with Crippen LogP contribution >= 0.6 is 0 Å². The van der Waals surface area contributed by atoms with Crippen molar-refractivity contribution in [3.05, 3.63) is 69.9 Å². The molecule has 0 bridgehead atoms. The summed E-state index contributed by atoms with van der Waals surface area (Å²) in [4.78, 5) is 27.5. The third-order valence-corrected chi connectivity index (χ3v) is 4.92. The number of benzene rings is 2. The predicted octanol–water partition coefficient (Wildman–Crippen LogP) is 4.52. The van der Waals surface area contributed by atoms with Gasteiger partial charge in [-0.3, -0.25) is 14.5 Å². The summed E-state index contributed by atoms with van der Waals surface area (Å²) >= 11 is 0. The van der Waals surface area contributed by atoms with E-state index in [2.05, 4.69) is 5.32 Å². The van der Waals surface area contributed by atoms with Gasteiger partial charge in [-0.25, -0.2) is 0 Å². The van der Waals surface area contributed by atoms with E-state index < -0.39 is 0 Å². The second-order valence-corrected chi connectivity index (χ2v) is 7.27. The van der Waals surface area contributed by atoms with Gasteiger partial charge >= 0.3 is 0 Å². The molecule has 27 heavy (non-hydrogen) atoms. The minimum atomic E-state index is -0.252. The van der Waals surface area contributed by atoms with E-state index in [0.29, 0.717) is 17.8 Å². The summed E-state index contributed by atoms with van der Waals surface area (Å²) in [7, 11) is 0. The summed E-state index contributed by atoms with van der Waals surface area (Å²) in [6, 6.07) is 12.0. The Labute approximate surface area is 160 Å². The van der Waals surface area contributed by atoms with Gasteiger partial charge in [0.05, 0.1) is 5.57 Å². The van der Waals surface area contributed by atoms with Gasteiger partial charge in [-0.2, -0.15) is 0 Å². The van der Waals surface area contributed by atoms with Gasteiger partial charge in [-0.15, -0.1) is 0 Å². The van der Waals surface area contributed by atoms with Gasteiger partial charge < -0.3 is 5.32 Å². The maximum atomic E-state index is 13.1. The molecule has 4 nitrogen and oxygen atoms in total. The lowest BCUT2D eigenvalue weighted by Crippen LogP contribution is -2.33. The maximum absolute atomic E-state index is 13.1. The van der Waals surface area contributed by atoms with Gasteiger partial charge in [0.2, 0.25) is 0 Å². The van der Waals surface area contributed by atoms with Crippen LogP contribution in [0.4, 0.5) is 5.69 Å². The van der Waals surface area contributed by atoms with E-state index in [0.717, 1.165) is 39.9 Å². The van der Waals surface area contributed by atoms with E-state index in [4.69, 9.17) is 0 Å². The number of anilines is 1. The number of hydrogen-bond donors (Lipinski definition) is 1. The summed E-state index contributed by atoms with van der Waals surface area (Å²) in [6.45, 7) is 10.4. The Hall–Kier alpha value is -2.88. The Morgan fingerprint density at radius 2 is 1.52 bits per heavy atom. The molecule has 2 aromatic carbocycles. The molecule has 0 atom stereocenters. The highest BCUT2D eigenvalue weighted by atomic mass is 16.2. The summed E-state index contributed by atoms with van der Waals surface area (Å²) < 4.78 is 0. The van der Waals surface area contributed by atoms with Crippen LogP contribution in [0.2, 0.25) is 0 Å². The first kappa shape index (κ1) is 18.9. The van der Waals surface area contributed by atoms with Crippen LogP contribution in [0.15, 0.2) is 42.1 Å². The van der Waals surface area contributed by atoms with Crippen molar-refractivity contribution in [1.29, 1.82) is 0 Å². The molecule has 1 N–H and O–H groups in total. The van der Waals surface area contributed by atoms with Crippen LogP contribution in [-0.4, -0.2) is 23.3 Å². The highest BCUT2D eigenvalue weighted by Gasteiger charge is 2.39. The number of carbonyl (C=O) groups is 2. The van der Waals surface area contributed by atoms with Crippen molar-refractivity contribution >= 4 is 23.1 Å². The van der Waals surface area contributed by atoms with Gasteiger partial charge in [-0.05, 0) is 62.4 Å². The van der Waals surface area contributed by atoms with Gasteiger partial charge in [0.15, 0.2) is 0 Å². The highest BCUT2D eigenvalue weighted by molar-refractivity contribution is 6.36. The summed E-state index contributed by atoms with van der Waals surface area (Å²) in [5.41, 5.74) is 6.74. The Morgan fingerprint density at radius 3 is 2.19 bits per heavy atom. The average molecular weight is 362 g/mol. The normalized spacial score (nSPS) is 14.3. The van der Waals surface area contributed by atoms with E-state index in [1.165, 1.54) is 4.90 Å². The van der Waals surface area contributed by atoms with Crippen LogP contribution in [-0.2, 0) is 9.59 Å². The lowest BCUT2D eigenvalue weighted by molar-refractivity contribution is -0.136. The fourth-order valence-electron chi connectivity index (χ4n) is 3.47. The molecule has 1 aliphatic rings. The minimum absolute atomic E-state index is 0.221. The van der Waals surface area contributed by atoms with Gasteiger partial charge in [0, 0.05) is 12.2 Å². The third-order valence-electron chi connectivity index (χ3n) is 4.92. The van der Waals surface area contributed by atoms with Crippen molar-refractivity contribution in [1.82, 2.24) is 4.90 Å². The molecular weight excluding hydrogens is 336 g/mol. The van der Waals surface area contributed by atoms with Gasteiger partial charge in [-0.1, -0.05) is 42.8 Å². The monoisotopic (exact) mass is 362 g/mol. The molecule has 140 valence electrons. The highest BCUT2D eigenvalue weighted by Crippen LogP contribution is 2.33. The molecule has 1 aliphatic heterocycles. The number of hydrogen-bond acceptors (Lipinski definition) is 3. The van der Waals surface area contributed by atoms with Crippen LogP contribution in [0.25, 0.3) is 5.57 Å². The van der Waals surface area contributed by atoms with E-state index in [1.807, 2.05) is 71.0 Å². The third kappa shape index (κ3) is 3.52. The molecule has 1 heterocycles. The molecule has 0 radical (unpaired) electrons. The van der Waals surface area contributed by atoms with Crippen molar-refractivity contribution in [2.24, 2.45) is 0 Å². The van der Waals surface area contributed by atoms with E-state index >= 15 is 0 Å². The summed E-state index contributed by atoms with van der Waals surface area (Å²) in [5.74, 6) is -0.473. The quantitative estimate of drug-likeness (QED) is 0.796. The Bertz CT molecular complexity index is 957. The Morgan fingerprint density at radius 1 is 0.852 bits per heavy atom. The van der Waals surface area contributed by atoms with Crippen molar-refractivity contribution in [2.45, 2.75) is 41.0 Å². The van der Waals surface area contributed by atoms with Crippen LogP contribution in [0.1, 0.15) is 41.2 Å². The van der Waals surface area contributed by atoms with E-state index in [-0.39, 0.29) is 11.8 Å². The second-order valence-electron chi connectivity index (χ2n) is 7.27. The Balaban J connectivity index is 2.15. The number of nitrogens with zero attached hydrogens (tertiary/aromatic N) is 1. The molecule has 4 heteroatoms. The minimum Gasteiger partial charge on any atom is -0.350 e. The Kier molecular flexibility index (Phi) is 5.17. The average Bonchev–Trinajstić information content (AvgIpc) is 2.83. The standard InChI is InChI=1S/C23H26N2O2/c1-6-11-25-22(26)20(18-10-8-14(2)12-17(18)5)21(23(25)27)24-19-13-15(3)7-9-16(19)4/h7-10,12-13,24H,6,11H2,1-5H3. The molecule has 0 spiro atoms. The zero-order valence-electron chi connectivity index (χ0n) is 16.6. The topological polar surface area (TPSA) is 49.4 Å². The molecule has 0 fully saturated rings. The van der Waals surface area contributed by atoms with E-state index in [1.54, 1.807) is 0 Å². The second kappa shape index (κ2) is 7.39. The SMILES string of the molecule is CCCN1C(=O)C(Nc2cc(C)ccc2C)=C(c2ccc(C)cc2C)C1=O. The number of nitrogens with one attached hydrogen (secondary N) is 1. The molecule has 0 saturated heterocycles. The molecule has 0 aromatic heterocycles. The summed E-state index contributed by atoms with van der Waals surface area (Å²) in [6.07, 6.45) is 0.731. The predicted molar refractivity (Wildman–Crippen MR) is 109 cm³/mol. The van der Waals surface area contributed by atoms with Crippen molar-refractivity contribution in [2.75, 3.05) is 11.9 Å². The number of carbonyl (C=O) groups excluding carboxylic acids is 2. The largest absolute Gasteiger partial charge is 0.350 e. The molecule has 3 rings (SSSR count). The van der Waals surface area contributed by atoms with Crippen LogP contribution in [0, 0.1) is 27.7 Å². The van der Waals surface area contributed by atoms with Crippen molar-refractivity contribution in [3.8, 4) is 0 Å². The molecule has 0 aliphatic carbocycles. The summed E-state index contributed by atoms with van der Waals surface area (Å²) in [5, 5.41) is 3.28. The maximum Gasteiger partial charge on any atom is 0.278 e. The number of aryl methyl sites for hydroxylation is 4. The molecule has 2 aromatic rings. The zero-order valence-corrected chi connectivity index (χ0v) is 16.6. The first-order chi connectivity index (χ1) is 12.8. The fourth-order valence-corrected chi connectivity index (χ4v) is 3.47. The van der Waals surface area contributed by atoms with Crippen molar-refractivity contribution < 1.29 is 9.59 Å². The van der Waals surface area contributed by atoms with Crippen LogP contribution in [0.3, 0.4) is 0 Å². The number of rotatable bonds is 5. The molecule has 0 unspecified atom stereocenters. The molecular formula is C23H26N2O2. The lowest BCUT2D eigenvalue weighted by atomic mass is 9.97. The number of imide groups is 1. The lowest BCUT2D eigenvalue weighted by Gasteiger charge is -2.14. The zero-order chi connectivity index (χ0) is 19.7. The smallest absolute Gasteiger partial charge is 0.278 e. The van der Waals surface area contributed by atoms with Gasteiger partial charge in [0.25, 0.3) is 11.8 Å². The van der Waals surface area contributed by atoms with E-state index in [9.17, 15) is 9.59 Å². The molecule has 0 saturated carbocycles. The number of amides is 2. The van der Waals surface area contributed by atoms with Crippen LogP contribution < -0.4 is 5.32 Å². The first-order valence-corrected chi connectivity index (χ1v) is 9.35. The van der Waals surface area contributed by atoms with Crippen LogP contribution in [0.5, 0.6) is 0 Å². The fraction of sp³-hybridized carbons (Fsp3) is 0.304. The molecule has 2 amide bonds. The first-order valence-electron chi connectivity index (χ1n) is 9.35. The van der Waals surface area contributed by atoms with Crippen molar-refractivity contribution in [3.63, 3.8) is 0 Å².